The Hall–Kier alpha value is -4.07. The molecule has 36 heavy (non-hydrogen) atoms. The summed E-state index contributed by atoms with van der Waals surface area (Å²) in [5.74, 6) is 2.54. The van der Waals surface area contributed by atoms with Crippen LogP contribution in [-0.2, 0) is 17.8 Å². The zero-order valence-electron chi connectivity index (χ0n) is 21.1. The number of hydrogen-bond acceptors (Lipinski definition) is 6. The van der Waals surface area contributed by atoms with E-state index >= 15 is 0 Å². The normalized spacial score (nSPS) is 11.4. The van der Waals surface area contributed by atoms with Crippen molar-refractivity contribution in [2.24, 2.45) is 0 Å². The lowest BCUT2D eigenvalue weighted by Crippen LogP contribution is -2.07. The number of benzene rings is 2. The molecule has 0 aliphatic rings. The van der Waals surface area contributed by atoms with Crippen LogP contribution < -0.4 is 14.2 Å². The van der Waals surface area contributed by atoms with Gasteiger partial charge in [-0.1, -0.05) is 26.0 Å². The lowest BCUT2D eigenvalue weighted by atomic mass is 10.2. The molecule has 0 radical (unpaired) electrons. The highest BCUT2D eigenvalue weighted by Crippen LogP contribution is 2.35. The van der Waals surface area contributed by atoms with Crippen LogP contribution >= 0.6 is 0 Å². The molecular weight excluding hydrogens is 456 g/mol. The predicted molar refractivity (Wildman–Crippen MR) is 139 cm³/mol. The zero-order valence-corrected chi connectivity index (χ0v) is 21.1. The van der Waals surface area contributed by atoms with Gasteiger partial charge in [-0.25, -0.2) is 9.97 Å². The Labute approximate surface area is 209 Å². The third-order valence-corrected chi connectivity index (χ3v) is 6.28. The second kappa shape index (κ2) is 9.89. The highest BCUT2D eigenvalue weighted by molar-refractivity contribution is 6.01. The predicted octanol–water partition coefficient (Wildman–Crippen LogP) is 5.56. The minimum Gasteiger partial charge on any atom is -0.497 e. The second-order valence-electron chi connectivity index (χ2n) is 8.76. The smallest absolute Gasteiger partial charge is 0.311 e. The highest BCUT2D eigenvalue weighted by atomic mass is 16.5. The molecule has 5 rings (SSSR count). The van der Waals surface area contributed by atoms with E-state index in [1.165, 1.54) is 0 Å². The van der Waals surface area contributed by atoms with Gasteiger partial charge in [-0.3, -0.25) is 9.20 Å². The molecule has 0 aliphatic carbocycles. The molecule has 0 unspecified atom stereocenters. The molecule has 0 fully saturated rings. The molecule has 0 amide bonds. The van der Waals surface area contributed by atoms with Crippen molar-refractivity contribution >= 4 is 33.7 Å². The quantitative estimate of drug-likeness (QED) is 0.254. The molecule has 0 N–H and O–H groups in total. The van der Waals surface area contributed by atoms with Gasteiger partial charge in [-0.15, -0.1) is 0 Å². The minimum atomic E-state index is -0.273. The third-order valence-electron chi connectivity index (χ3n) is 6.28. The number of imidazole rings is 1. The summed E-state index contributed by atoms with van der Waals surface area (Å²) in [4.78, 5) is 22.6. The van der Waals surface area contributed by atoms with Crippen molar-refractivity contribution in [3.63, 3.8) is 0 Å². The van der Waals surface area contributed by atoms with Crippen LogP contribution in [0.25, 0.3) is 27.7 Å². The van der Waals surface area contributed by atoms with E-state index in [4.69, 9.17) is 24.2 Å². The number of hydrogen-bond donors (Lipinski definition) is 0. The number of esters is 1. The van der Waals surface area contributed by atoms with Crippen molar-refractivity contribution in [2.75, 3.05) is 14.2 Å². The monoisotopic (exact) mass is 486 g/mol. The Morgan fingerprint density at radius 2 is 1.78 bits per heavy atom. The minimum absolute atomic E-state index is 0.273. The average molecular weight is 487 g/mol. The van der Waals surface area contributed by atoms with Gasteiger partial charge in [0.25, 0.3) is 0 Å². The Balaban J connectivity index is 1.76. The molecule has 0 bridgehead atoms. The maximum Gasteiger partial charge on any atom is 0.311 e. The van der Waals surface area contributed by atoms with Gasteiger partial charge in [0.15, 0.2) is 11.4 Å². The van der Waals surface area contributed by atoms with Gasteiger partial charge in [0.05, 0.1) is 31.8 Å². The van der Waals surface area contributed by atoms with E-state index in [0.717, 1.165) is 57.7 Å². The molecule has 0 aliphatic heterocycles. The maximum absolute atomic E-state index is 12.6. The lowest BCUT2D eigenvalue weighted by molar-refractivity contribution is -0.134. The van der Waals surface area contributed by atoms with Gasteiger partial charge in [-0.05, 0) is 37.1 Å². The van der Waals surface area contributed by atoms with Crippen LogP contribution in [0.3, 0.4) is 0 Å². The molecule has 8 heteroatoms. The SMILES string of the molecule is CCCC(=O)Oc1cn(Cc2ccc(OC)cc2OC)c2nc(CCC)n3c4ccccc4nc3c12. The van der Waals surface area contributed by atoms with Gasteiger partial charge in [0.2, 0.25) is 0 Å². The number of aryl methyl sites for hydroxylation is 1. The molecular formula is C28H30N4O4. The topological polar surface area (TPSA) is 79.9 Å². The molecule has 8 nitrogen and oxygen atoms in total. The summed E-state index contributed by atoms with van der Waals surface area (Å²) in [6.45, 7) is 4.57. The molecule has 5 aromatic rings. The van der Waals surface area contributed by atoms with E-state index < -0.39 is 0 Å². The fourth-order valence-corrected chi connectivity index (χ4v) is 4.61. The highest BCUT2D eigenvalue weighted by Gasteiger charge is 2.23. The number of carbonyl (C=O) groups excluding carboxylic acids is 1. The Morgan fingerprint density at radius 3 is 2.53 bits per heavy atom. The maximum atomic E-state index is 12.6. The van der Waals surface area contributed by atoms with Crippen molar-refractivity contribution in [1.82, 2.24) is 18.9 Å². The number of carbonyl (C=O) groups is 1. The Morgan fingerprint density at radius 1 is 0.944 bits per heavy atom. The summed E-state index contributed by atoms with van der Waals surface area (Å²) in [5.41, 5.74) is 4.27. The van der Waals surface area contributed by atoms with Crippen LogP contribution in [0, 0.1) is 0 Å². The number of aromatic nitrogens is 4. The summed E-state index contributed by atoms with van der Waals surface area (Å²) in [6, 6.07) is 13.7. The van der Waals surface area contributed by atoms with Crippen molar-refractivity contribution in [2.45, 2.75) is 46.1 Å². The van der Waals surface area contributed by atoms with Crippen LogP contribution in [0.15, 0.2) is 48.7 Å². The first-order valence-electron chi connectivity index (χ1n) is 12.3. The molecule has 186 valence electrons. The largest absolute Gasteiger partial charge is 0.497 e. The Bertz CT molecular complexity index is 1570. The van der Waals surface area contributed by atoms with E-state index in [0.29, 0.717) is 30.9 Å². The summed E-state index contributed by atoms with van der Waals surface area (Å²) < 4.78 is 21.0. The standard InChI is InChI=1S/C28H30N4O4/c1-5-9-24-30-27-26(28-29-20-11-7-8-12-21(20)32(24)28)23(36-25(33)10-6-2)17-31(27)16-18-13-14-19(34-3)15-22(18)35-4/h7-8,11-15,17H,5-6,9-10,16H2,1-4H3. The molecule has 0 atom stereocenters. The number of nitrogens with zero attached hydrogens (tertiary/aromatic N) is 4. The number of methoxy groups -OCH3 is 2. The van der Waals surface area contributed by atoms with Gasteiger partial charge >= 0.3 is 5.97 Å². The second-order valence-corrected chi connectivity index (χ2v) is 8.76. The number of ether oxygens (including phenoxy) is 3. The van der Waals surface area contributed by atoms with Crippen molar-refractivity contribution in [3.8, 4) is 17.2 Å². The van der Waals surface area contributed by atoms with E-state index in [9.17, 15) is 4.79 Å². The summed E-state index contributed by atoms with van der Waals surface area (Å²) in [7, 11) is 3.27. The van der Waals surface area contributed by atoms with Crippen molar-refractivity contribution in [3.05, 3.63) is 60.0 Å². The fraction of sp³-hybridized carbons (Fsp3) is 0.321. The van der Waals surface area contributed by atoms with Crippen LogP contribution in [0.2, 0.25) is 0 Å². The number of rotatable bonds is 9. The molecule has 0 saturated heterocycles. The van der Waals surface area contributed by atoms with Gasteiger partial charge in [0.1, 0.15) is 28.4 Å². The van der Waals surface area contributed by atoms with Crippen molar-refractivity contribution < 1.29 is 19.0 Å². The molecule has 2 aromatic carbocycles. The van der Waals surface area contributed by atoms with Crippen LogP contribution in [0.4, 0.5) is 0 Å². The lowest BCUT2D eigenvalue weighted by Gasteiger charge is -2.12. The van der Waals surface area contributed by atoms with Gasteiger partial charge in [-0.2, -0.15) is 0 Å². The molecule has 3 aromatic heterocycles. The van der Waals surface area contributed by atoms with Crippen LogP contribution in [-0.4, -0.2) is 39.1 Å². The van der Waals surface area contributed by atoms with Gasteiger partial charge < -0.3 is 18.8 Å². The molecule has 0 saturated carbocycles. The summed E-state index contributed by atoms with van der Waals surface area (Å²) in [5, 5.41) is 0.725. The van der Waals surface area contributed by atoms with Crippen molar-refractivity contribution in [1.29, 1.82) is 0 Å². The van der Waals surface area contributed by atoms with E-state index in [-0.39, 0.29) is 5.97 Å². The zero-order chi connectivity index (χ0) is 25.2. The summed E-state index contributed by atoms with van der Waals surface area (Å²) >= 11 is 0. The van der Waals surface area contributed by atoms with Crippen LogP contribution in [0.1, 0.15) is 44.5 Å². The molecule has 3 heterocycles. The average Bonchev–Trinajstić information content (AvgIpc) is 3.43. The fourth-order valence-electron chi connectivity index (χ4n) is 4.61. The van der Waals surface area contributed by atoms with Gasteiger partial charge in [0, 0.05) is 30.7 Å². The van der Waals surface area contributed by atoms with Crippen LogP contribution in [0.5, 0.6) is 17.2 Å². The van der Waals surface area contributed by atoms with E-state index in [2.05, 4.69) is 11.3 Å². The molecule has 0 spiro atoms. The first-order valence-corrected chi connectivity index (χ1v) is 12.3. The first kappa shape index (κ1) is 23.7. The first-order chi connectivity index (χ1) is 17.6. The van der Waals surface area contributed by atoms with E-state index in [1.54, 1.807) is 14.2 Å². The number of fused-ring (bicyclic) bond motifs is 5. The third kappa shape index (κ3) is 4.12. The summed E-state index contributed by atoms with van der Waals surface area (Å²) in [6.07, 6.45) is 4.62. The number of para-hydroxylation sites is 2. The Kier molecular flexibility index (Phi) is 6.50. The van der Waals surface area contributed by atoms with E-state index in [1.807, 2.05) is 60.2 Å².